The molecule has 0 fully saturated rings. The Labute approximate surface area is 183 Å². The van der Waals surface area contributed by atoms with Gasteiger partial charge in [0.1, 0.15) is 0 Å². The Kier molecular flexibility index (Phi) is 6.42. The summed E-state index contributed by atoms with van der Waals surface area (Å²) < 4.78 is 10.9. The van der Waals surface area contributed by atoms with Crippen LogP contribution in [-0.2, 0) is 17.0 Å². The Morgan fingerprint density at radius 3 is 2.45 bits per heavy atom. The Morgan fingerprint density at radius 1 is 1.00 bits per heavy atom. The molecule has 2 heterocycles. The van der Waals surface area contributed by atoms with Gasteiger partial charge in [-0.15, -0.1) is 10.2 Å². The number of anilines is 1. The average molecular weight is 436 g/mol. The van der Waals surface area contributed by atoms with E-state index in [1.54, 1.807) is 0 Å². The van der Waals surface area contributed by atoms with Crippen molar-refractivity contribution < 1.29 is 13.7 Å². The number of hydrogen-bond donors (Lipinski definition) is 1. The SMILES string of the molecule is Cc1ccc(NC(=O)CCc2nc(CSc3nnc(-c4ccc(C)cc4)o3)no2)cc1. The first-order chi connectivity index (χ1) is 15.0. The van der Waals surface area contributed by atoms with Crippen LogP contribution in [-0.4, -0.2) is 26.2 Å². The van der Waals surface area contributed by atoms with E-state index < -0.39 is 0 Å². The van der Waals surface area contributed by atoms with Gasteiger partial charge in [0.05, 0.1) is 5.75 Å². The summed E-state index contributed by atoms with van der Waals surface area (Å²) in [5, 5.41) is 15.4. The van der Waals surface area contributed by atoms with E-state index in [0.29, 0.717) is 35.0 Å². The zero-order valence-electron chi connectivity index (χ0n) is 17.2. The maximum atomic E-state index is 12.1. The summed E-state index contributed by atoms with van der Waals surface area (Å²) in [6.45, 7) is 4.02. The first-order valence-electron chi connectivity index (χ1n) is 9.76. The topological polar surface area (TPSA) is 107 Å². The molecule has 1 N–H and O–H groups in total. The minimum atomic E-state index is -0.104. The second-order valence-electron chi connectivity index (χ2n) is 7.05. The van der Waals surface area contributed by atoms with Crippen molar-refractivity contribution in [1.82, 2.24) is 20.3 Å². The molecule has 1 amide bonds. The minimum Gasteiger partial charge on any atom is -0.411 e. The zero-order chi connectivity index (χ0) is 21.6. The Balaban J connectivity index is 1.25. The molecule has 8 nitrogen and oxygen atoms in total. The van der Waals surface area contributed by atoms with Crippen molar-refractivity contribution >= 4 is 23.4 Å². The second kappa shape index (κ2) is 9.57. The third-order valence-corrected chi connectivity index (χ3v) is 5.26. The van der Waals surface area contributed by atoms with Crippen molar-refractivity contribution in [3.8, 4) is 11.5 Å². The molecule has 0 saturated carbocycles. The van der Waals surface area contributed by atoms with Crippen molar-refractivity contribution in [2.45, 2.75) is 37.7 Å². The van der Waals surface area contributed by atoms with Crippen LogP contribution in [0.4, 0.5) is 5.69 Å². The van der Waals surface area contributed by atoms with E-state index in [2.05, 4.69) is 25.7 Å². The van der Waals surface area contributed by atoms with Crippen LogP contribution >= 0.6 is 11.8 Å². The van der Waals surface area contributed by atoms with E-state index in [1.807, 2.05) is 62.4 Å². The van der Waals surface area contributed by atoms with Crippen molar-refractivity contribution in [1.29, 1.82) is 0 Å². The average Bonchev–Trinajstić information content (AvgIpc) is 3.42. The second-order valence-corrected chi connectivity index (χ2v) is 7.97. The molecule has 0 unspecified atom stereocenters. The predicted octanol–water partition coefficient (Wildman–Crippen LogP) is 4.60. The fourth-order valence-corrected chi connectivity index (χ4v) is 3.34. The molecule has 0 saturated heterocycles. The van der Waals surface area contributed by atoms with Crippen LogP contribution in [0.1, 0.15) is 29.3 Å². The number of aryl methyl sites for hydroxylation is 3. The summed E-state index contributed by atoms with van der Waals surface area (Å²) in [5.41, 5.74) is 3.94. The Bertz CT molecular complexity index is 1150. The predicted molar refractivity (Wildman–Crippen MR) is 116 cm³/mol. The summed E-state index contributed by atoms with van der Waals surface area (Å²) in [6.07, 6.45) is 0.625. The van der Waals surface area contributed by atoms with E-state index in [4.69, 9.17) is 8.94 Å². The van der Waals surface area contributed by atoms with Crippen LogP contribution in [0.2, 0.25) is 0 Å². The smallest absolute Gasteiger partial charge is 0.277 e. The third-order valence-electron chi connectivity index (χ3n) is 4.44. The van der Waals surface area contributed by atoms with E-state index >= 15 is 0 Å². The highest BCUT2D eigenvalue weighted by molar-refractivity contribution is 7.98. The number of nitrogens with one attached hydrogen (secondary N) is 1. The number of thioether (sulfide) groups is 1. The maximum Gasteiger partial charge on any atom is 0.277 e. The van der Waals surface area contributed by atoms with E-state index in [0.717, 1.165) is 16.8 Å². The summed E-state index contributed by atoms with van der Waals surface area (Å²) in [6, 6.07) is 15.5. The number of benzene rings is 2. The van der Waals surface area contributed by atoms with E-state index in [1.165, 1.54) is 17.3 Å². The lowest BCUT2D eigenvalue weighted by Crippen LogP contribution is -2.12. The van der Waals surface area contributed by atoms with E-state index in [-0.39, 0.29) is 12.3 Å². The summed E-state index contributed by atoms with van der Waals surface area (Å²) in [7, 11) is 0. The number of rotatable bonds is 8. The first kappa shape index (κ1) is 20.8. The first-order valence-corrected chi connectivity index (χ1v) is 10.7. The van der Waals surface area contributed by atoms with Crippen molar-refractivity contribution in [3.63, 3.8) is 0 Å². The van der Waals surface area contributed by atoms with E-state index in [9.17, 15) is 4.79 Å². The lowest BCUT2D eigenvalue weighted by Gasteiger charge is -2.04. The standard InChI is InChI=1S/C22H21N5O3S/c1-14-3-7-16(8-4-14)21-25-26-22(29-21)31-13-18-24-20(30-27-18)12-11-19(28)23-17-9-5-15(2)6-10-17/h3-10H,11-13H2,1-2H3,(H,23,28). The molecule has 0 aliphatic carbocycles. The van der Waals surface area contributed by atoms with Crippen molar-refractivity contribution in [2.24, 2.45) is 0 Å². The van der Waals surface area contributed by atoms with Crippen molar-refractivity contribution in [2.75, 3.05) is 5.32 Å². The Morgan fingerprint density at radius 2 is 1.71 bits per heavy atom. The minimum absolute atomic E-state index is 0.104. The van der Waals surface area contributed by atoms with Gasteiger partial charge in [-0.1, -0.05) is 52.3 Å². The number of hydrogen-bond acceptors (Lipinski definition) is 8. The van der Waals surface area contributed by atoms with Crippen LogP contribution < -0.4 is 5.32 Å². The monoisotopic (exact) mass is 435 g/mol. The fourth-order valence-electron chi connectivity index (χ4n) is 2.74. The molecule has 0 aliphatic heterocycles. The van der Waals surface area contributed by atoms with Crippen LogP contribution in [0.3, 0.4) is 0 Å². The van der Waals surface area contributed by atoms with Gasteiger partial charge < -0.3 is 14.3 Å². The number of carbonyl (C=O) groups is 1. The molecule has 2 aromatic carbocycles. The number of amides is 1. The molecular weight excluding hydrogens is 414 g/mol. The number of aromatic nitrogens is 4. The third kappa shape index (κ3) is 5.79. The van der Waals surface area contributed by atoms with Gasteiger partial charge in [-0.3, -0.25) is 4.79 Å². The Hall–Kier alpha value is -3.46. The van der Waals surface area contributed by atoms with Gasteiger partial charge in [-0.2, -0.15) is 4.98 Å². The van der Waals surface area contributed by atoms with Gasteiger partial charge in [-0.25, -0.2) is 0 Å². The lowest BCUT2D eigenvalue weighted by molar-refractivity contribution is -0.116. The van der Waals surface area contributed by atoms with Gasteiger partial charge in [-0.05, 0) is 38.1 Å². The lowest BCUT2D eigenvalue weighted by atomic mass is 10.1. The summed E-state index contributed by atoms with van der Waals surface area (Å²) >= 11 is 1.33. The van der Waals surface area contributed by atoms with Crippen LogP contribution in [0.5, 0.6) is 0 Å². The van der Waals surface area contributed by atoms with Gasteiger partial charge in [0.15, 0.2) is 5.82 Å². The van der Waals surface area contributed by atoms with Gasteiger partial charge in [0.25, 0.3) is 5.22 Å². The molecule has 31 heavy (non-hydrogen) atoms. The molecule has 0 bridgehead atoms. The molecule has 4 rings (SSSR count). The molecule has 0 radical (unpaired) electrons. The summed E-state index contributed by atoms with van der Waals surface area (Å²) in [5.74, 6) is 1.71. The highest BCUT2D eigenvalue weighted by atomic mass is 32.2. The van der Waals surface area contributed by atoms with Crippen LogP contribution in [0, 0.1) is 13.8 Å². The fraction of sp³-hybridized carbons (Fsp3) is 0.227. The number of nitrogens with zero attached hydrogens (tertiary/aromatic N) is 4. The molecule has 2 aromatic heterocycles. The normalized spacial score (nSPS) is 10.9. The molecular formula is C22H21N5O3S. The molecule has 4 aromatic rings. The van der Waals surface area contributed by atoms with Gasteiger partial charge in [0.2, 0.25) is 17.7 Å². The highest BCUT2D eigenvalue weighted by Gasteiger charge is 2.13. The quantitative estimate of drug-likeness (QED) is 0.400. The van der Waals surface area contributed by atoms with Gasteiger partial charge in [0, 0.05) is 24.1 Å². The number of carbonyl (C=O) groups excluding carboxylic acids is 1. The highest BCUT2D eigenvalue weighted by Crippen LogP contribution is 2.25. The molecule has 0 spiro atoms. The largest absolute Gasteiger partial charge is 0.411 e. The van der Waals surface area contributed by atoms with Crippen LogP contribution in [0.15, 0.2) is 62.7 Å². The van der Waals surface area contributed by atoms with Gasteiger partial charge >= 0.3 is 0 Å². The summed E-state index contributed by atoms with van der Waals surface area (Å²) in [4.78, 5) is 16.4. The molecule has 158 valence electrons. The molecule has 0 atom stereocenters. The zero-order valence-corrected chi connectivity index (χ0v) is 18.0. The maximum absolute atomic E-state index is 12.1. The van der Waals surface area contributed by atoms with Crippen LogP contribution in [0.25, 0.3) is 11.5 Å². The molecule has 9 heteroatoms. The molecule has 0 aliphatic rings. The van der Waals surface area contributed by atoms with Crippen molar-refractivity contribution in [3.05, 3.63) is 71.4 Å².